The highest BCUT2D eigenvalue weighted by Crippen LogP contribution is 2.42. The van der Waals surface area contributed by atoms with E-state index in [1.165, 1.54) is 65.3 Å². The van der Waals surface area contributed by atoms with Gasteiger partial charge in [-0.2, -0.15) is 0 Å². The summed E-state index contributed by atoms with van der Waals surface area (Å²) in [6.45, 7) is 0. The van der Waals surface area contributed by atoms with Gasteiger partial charge in [-0.15, -0.1) is 0 Å². The van der Waals surface area contributed by atoms with Crippen LogP contribution < -0.4 is 4.90 Å². The monoisotopic (exact) mass is 726 g/mol. The Labute approximate surface area is 328 Å². The normalized spacial score (nSPS) is 11.9. The van der Waals surface area contributed by atoms with Gasteiger partial charge < -0.3 is 13.9 Å². The fourth-order valence-electron chi connectivity index (χ4n) is 9.00. The maximum Gasteiger partial charge on any atom is 0.135 e. The van der Waals surface area contributed by atoms with Crippen LogP contribution in [0.15, 0.2) is 211 Å². The first-order valence-electron chi connectivity index (χ1n) is 19.5. The van der Waals surface area contributed by atoms with Crippen molar-refractivity contribution in [1.82, 2.24) is 4.57 Å². The van der Waals surface area contributed by atoms with Crippen LogP contribution in [-0.4, -0.2) is 4.57 Å². The van der Waals surface area contributed by atoms with Crippen molar-refractivity contribution in [3.05, 3.63) is 206 Å². The number of furan rings is 1. The summed E-state index contributed by atoms with van der Waals surface area (Å²) in [7, 11) is 0. The summed E-state index contributed by atoms with van der Waals surface area (Å²) in [6.07, 6.45) is 0. The van der Waals surface area contributed by atoms with Crippen LogP contribution in [0.1, 0.15) is 0 Å². The van der Waals surface area contributed by atoms with Crippen LogP contribution in [0.3, 0.4) is 0 Å². The van der Waals surface area contributed by atoms with E-state index in [0.717, 1.165) is 44.7 Å². The van der Waals surface area contributed by atoms with Gasteiger partial charge in [-0.25, -0.2) is 0 Å². The molecule has 2 aromatic heterocycles. The van der Waals surface area contributed by atoms with Gasteiger partial charge in [-0.3, -0.25) is 0 Å². The number of nitrogens with zero attached hydrogens (tertiary/aromatic N) is 2. The molecule has 0 bridgehead atoms. The van der Waals surface area contributed by atoms with Crippen molar-refractivity contribution >= 4 is 93.1 Å². The first-order valence-corrected chi connectivity index (χ1v) is 19.5. The number of fused-ring (bicyclic) bond motifs is 9. The van der Waals surface area contributed by atoms with Crippen molar-refractivity contribution in [1.29, 1.82) is 0 Å². The molecular weight excluding hydrogens is 693 g/mol. The maximum atomic E-state index is 6.27. The predicted molar refractivity (Wildman–Crippen MR) is 241 cm³/mol. The van der Waals surface area contributed by atoms with Gasteiger partial charge in [0, 0.05) is 44.3 Å². The molecule has 0 fully saturated rings. The highest BCUT2D eigenvalue weighted by Gasteiger charge is 2.18. The second-order valence-electron chi connectivity index (χ2n) is 15.0. The van der Waals surface area contributed by atoms with Crippen molar-refractivity contribution in [3.63, 3.8) is 0 Å². The summed E-state index contributed by atoms with van der Waals surface area (Å²) in [6, 6.07) is 74.7. The smallest absolute Gasteiger partial charge is 0.135 e. The molecule has 57 heavy (non-hydrogen) atoms. The van der Waals surface area contributed by atoms with Crippen molar-refractivity contribution in [3.8, 4) is 16.8 Å². The van der Waals surface area contributed by atoms with Crippen molar-refractivity contribution in [2.75, 3.05) is 4.90 Å². The molecule has 266 valence electrons. The number of benzene rings is 10. The predicted octanol–water partition coefficient (Wildman–Crippen LogP) is 15.3. The van der Waals surface area contributed by atoms with E-state index in [1.807, 2.05) is 12.1 Å². The SMILES string of the molecule is c1ccc2cc3c(cc2c1)c1ccccc1n3-c1ccc(N(c2ccc3ccc(-c4cccc5ccccc45)cc3c2)c2ccc3oc4ccccc4c3c2)cc1. The maximum absolute atomic E-state index is 6.27. The average Bonchev–Trinajstić information content (AvgIpc) is 3.80. The van der Waals surface area contributed by atoms with Crippen LogP contribution in [0.4, 0.5) is 17.1 Å². The second-order valence-corrected chi connectivity index (χ2v) is 15.0. The highest BCUT2D eigenvalue weighted by molar-refractivity contribution is 6.14. The molecule has 0 aliphatic carbocycles. The quantitative estimate of drug-likeness (QED) is 0.176. The van der Waals surface area contributed by atoms with Crippen LogP contribution in [0.25, 0.3) is 92.9 Å². The molecule has 0 radical (unpaired) electrons. The standard InChI is InChI=1S/C54H34N2O/c1-2-12-38-33-52-49(32-37(38)11-1)47-15-5-7-18-51(47)56(52)42-26-24-41(25-27-42)55(44-28-29-54-50(34-44)48-16-6-8-19-53(48)57-54)43-23-22-35-20-21-39(30-40(35)31-43)46-17-9-13-36-10-3-4-14-45(36)46/h1-34H. The Morgan fingerprint density at radius 1 is 0.333 bits per heavy atom. The van der Waals surface area contributed by atoms with E-state index >= 15 is 0 Å². The zero-order valence-corrected chi connectivity index (χ0v) is 30.9. The van der Waals surface area contributed by atoms with E-state index in [2.05, 4.69) is 204 Å². The van der Waals surface area contributed by atoms with Gasteiger partial charge in [0.05, 0.1) is 11.0 Å². The molecule has 12 rings (SSSR count). The van der Waals surface area contributed by atoms with Crippen molar-refractivity contribution in [2.24, 2.45) is 0 Å². The van der Waals surface area contributed by atoms with Gasteiger partial charge in [0.15, 0.2) is 0 Å². The van der Waals surface area contributed by atoms with E-state index < -0.39 is 0 Å². The number of hydrogen-bond donors (Lipinski definition) is 0. The molecule has 3 heteroatoms. The number of rotatable bonds is 5. The van der Waals surface area contributed by atoms with Crippen molar-refractivity contribution in [2.45, 2.75) is 0 Å². The Balaban J connectivity index is 1.03. The molecule has 0 unspecified atom stereocenters. The Hall–Kier alpha value is -7.62. The van der Waals surface area contributed by atoms with E-state index in [4.69, 9.17) is 4.42 Å². The van der Waals surface area contributed by atoms with Crippen LogP contribution in [0.5, 0.6) is 0 Å². The third-order valence-electron chi connectivity index (χ3n) is 11.7. The number of aromatic nitrogens is 1. The third kappa shape index (κ3) is 5.06. The Bertz CT molecular complexity index is 3530. The zero-order chi connectivity index (χ0) is 37.5. The molecule has 0 aliphatic rings. The van der Waals surface area contributed by atoms with E-state index in [1.54, 1.807) is 0 Å². The average molecular weight is 727 g/mol. The number of para-hydroxylation sites is 2. The van der Waals surface area contributed by atoms with E-state index in [0.29, 0.717) is 0 Å². The van der Waals surface area contributed by atoms with Gasteiger partial charge in [0.1, 0.15) is 11.2 Å². The Morgan fingerprint density at radius 2 is 0.982 bits per heavy atom. The molecule has 0 saturated carbocycles. The lowest BCUT2D eigenvalue weighted by atomic mass is 9.96. The Kier molecular flexibility index (Phi) is 6.93. The number of hydrogen-bond acceptors (Lipinski definition) is 2. The minimum atomic E-state index is 0.882. The van der Waals surface area contributed by atoms with Crippen molar-refractivity contribution < 1.29 is 4.42 Å². The minimum absolute atomic E-state index is 0.882. The van der Waals surface area contributed by atoms with Gasteiger partial charge >= 0.3 is 0 Å². The largest absolute Gasteiger partial charge is 0.456 e. The molecule has 0 amide bonds. The summed E-state index contributed by atoms with van der Waals surface area (Å²) in [5.41, 5.74) is 11.0. The molecule has 0 aliphatic heterocycles. The zero-order valence-electron chi connectivity index (χ0n) is 30.9. The summed E-state index contributed by atoms with van der Waals surface area (Å²) in [5, 5.41) is 12.1. The first-order chi connectivity index (χ1) is 28.2. The molecule has 0 spiro atoms. The van der Waals surface area contributed by atoms with Crippen LogP contribution >= 0.6 is 0 Å². The fraction of sp³-hybridized carbons (Fsp3) is 0. The van der Waals surface area contributed by atoms with Gasteiger partial charge in [-0.05, 0) is 128 Å². The molecule has 0 atom stereocenters. The first kappa shape index (κ1) is 31.7. The molecule has 12 aromatic rings. The summed E-state index contributed by atoms with van der Waals surface area (Å²) in [4.78, 5) is 2.37. The summed E-state index contributed by atoms with van der Waals surface area (Å²) in [5.74, 6) is 0. The minimum Gasteiger partial charge on any atom is -0.456 e. The fourth-order valence-corrected chi connectivity index (χ4v) is 9.00. The second kappa shape index (κ2) is 12.5. The van der Waals surface area contributed by atoms with Gasteiger partial charge in [0.2, 0.25) is 0 Å². The Morgan fingerprint density at radius 3 is 1.86 bits per heavy atom. The molecule has 10 aromatic carbocycles. The van der Waals surface area contributed by atoms with Crippen LogP contribution in [0.2, 0.25) is 0 Å². The highest BCUT2D eigenvalue weighted by atomic mass is 16.3. The molecule has 3 nitrogen and oxygen atoms in total. The molecule has 2 heterocycles. The summed E-state index contributed by atoms with van der Waals surface area (Å²) >= 11 is 0. The van der Waals surface area contributed by atoms with Crippen LogP contribution in [-0.2, 0) is 0 Å². The summed E-state index contributed by atoms with van der Waals surface area (Å²) < 4.78 is 8.68. The van der Waals surface area contributed by atoms with Crippen LogP contribution in [0, 0.1) is 0 Å². The van der Waals surface area contributed by atoms with Gasteiger partial charge in [-0.1, -0.05) is 121 Å². The topological polar surface area (TPSA) is 21.3 Å². The van der Waals surface area contributed by atoms with E-state index in [9.17, 15) is 0 Å². The molecular formula is C54H34N2O. The number of anilines is 3. The third-order valence-corrected chi connectivity index (χ3v) is 11.7. The van der Waals surface area contributed by atoms with Gasteiger partial charge in [0.25, 0.3) is 0 Å². The lowest BCUT2D eigenvalue weighted by molar-refractivity contribution is 0.669. The van der Waals surface area contributed by atoms with E-state index in [-0.39, 0.29) is 0 Å². The lowest BCUT2D eigenvalue weighted by Gasteiger charge is -2.26. The molecule has 0 saturated heterocycles. The molecule has 0 N–H and O–H groups in total. The lowest BCUT2D eigenvalue weighted by Crippen LogP contribution is -2.10.